The molecule has 0 aliphatic carbocycles. The van der Waals surface area contributed by atoms with Gasteiger partial charge in [0.25, 0.3) is 0 Å². The molecule has 3 unspecified atom stereocenters. The Morgan fingerprint density at radius 3 is 2.63 bits per heavy atom. The van der Waals surface area contributed by atoms with E-state index < -0.39 is 34.0 Å². The molecule has 3 rings (SSSR count). The van der Waals surface area contributed by atoms with Crippen molar-refractivity contribution in [2.24, 2.45) is 23.3 Å². The van der Waals surface area contributed by atoms with Crippen LogP contribution in [0.4, 0.5) is 4.79 Å². The third kappa shape index (κ3) is 3.14. The molecule has 10 nitrogen and oxygen atoms in total. The third-order valence-electron chi connectivity index (χ3n) is 7.11. The van der Waals surface area contributed by atoms with Crippen molar-refractivity contribution >= 4 is 23.6 Å². The summed E-state index contributed by atoms with van der Waals surface area (Å²) in [5, 5.41) is 2.78. The van der Waals surface area contributed by atoms with Crippen molar-refractivity contribution in [1.82, 2.24) is 15.3 Å². The number of H-pyrrole nitrogens is 1. The van der Waals surface area contributed by atoms with Gasteiger partial charge in [-0.05, 0) is 19.3 Å². The highest BCUT2D eigenvalue weighted by Crippen LogP contribution is 2.42. The van der Waals surface area contributed by atoms with E-state index in [0.717, 1.165) is 0 Å². The first-order chi connectivity index (χ1) is 14.1. The quantitative estimate of drug-likeness (QED) is 0.474. The maximum Gasteiger partial charge on any atom is 0.422 e. The number of amides is 4. The van der Waals surface area contributed by atoms with Gasteiger partial charge in [0, 0.05) is 37.1 Å². The molecule has 0 radical (unpaired) electrons. The number of likely N-dealkylation sites (tertiary alicyclic amines) is 1. The lowest BCUT2D eigenvalue weighted by Crippen LogP contribution is -2.75. The number of nitrogens with one attached hydrogen (secondary N) is 2. The van der Waals surface area contributed by atoms with Crippen molar-refractivity contribution in [2.45, 2.75) is 64.1 Å². The van der Waals surface area contributed by atoms with Gasteiger partial charge in [0.05, 0.1) is 18.9 Å². The van der Waals surface area contributed by atoms with Crippen LogP contribution in [0.1, 0.15) is 45.7 Å². The van der Waals surface area contributed by atoms with Crippen LogP contribution in [0.5, 0.6) is 0 Å². The summed E-state index contributed by atoms with van der Waals surface area (Å²) in [7, 11) is 0. The molecular weight excluding hydrogens is 388 g/mol. The summed E-state index contributed by atoms with van der Waals surface area (Å²) in [6.45, 7) is 5.45. The molecule has 2 aliphatic heterocycles. The molecule has 6 N–H and O–H groups in total. The number of primary amides is 1. The van der Waals surface area contributed by atoms with Crippen LogP contribution in [0.2, 0.25) is 0 Å². The number of ketones is 1. The first-order valence-corrected chi connectivity index (χ1v) is 10.4. The minimum Gasteiger partial charge on any atom is -0.348 e. The topological polar surface area (TPSA) is 161 Å². The lowest BCUT2D eigenvalue weighted by Gasteiger charge is -2.42. The first-order valence-electron chi connectivity index (χ1n) is 10.4. The van der Waals surface area contributed by atoms with Crippen LogP contribution in [0.25, 0.3) is 0 Å². The van der Waals surface area contributed by atoms with Crippen molar-refractivity contribution in [3.05, 3.63) is 18.2 Å². The van der Waals surface area contributed by atoms with Gasteiger partial charge in [-0.3, -0.25) is 9.59 Å². The molecule has 3 heterocycles. The molecule has 0 aromatic carbocycles. The molecular formula is C20H31N6O4+. The molecule has 2 aliphatic rings. The number of imide groups is 1. The molecule has 4 amide bonds. The van der Waals surface area contributed by atoms with Crippen molar-refractivity contribution in [3.63, 3.8) is 0 Å². The largest absolute Gasteiger partial charge is 0.422 e. The number of nitrogens with zero attached hydrogens (tertiary/aromatic N) is 2. The van der Waals surface area contributed by atoms with Crippen molar-refractivity contribution in [3.8, 4) is 0 Å². The smallest absolute Gasteiger partial charge is 0.348 e. The predicted molar refractivity (Wildman–Crippen MR) is 108 cm³/mol. The number of hydrogen-bond donors (Lipinski definition) is 4. The second kappa shape index (κ2) is 7.92. The first kappa shape index (κ1) is 22.1. The van der Waals surface area contributed by atoms with Gasteiger partial charge in [0.2, 0.25) is 11.7 Å². The highest BCUT2D eigenvalue weighted by atomic mass is 16.2. The van der Waals surface area contributed by atoms with Crippen LogP contribution in [-0.2, 0) is 20.8 Å². The summed E-state index contributed by atoms with van der Waals surface area (Å²) in [6.07, 6.45) is 4.56. The number of aromatic nitrogens is 2. The molecule has 1 aromatic rings. The average Bonchev–Trinajstić information content (AvgIpc) is 3.39. The Labute approximate surface area is 175 Å². The Kier molecular flexibility index (Phi) is 5.83. The number of imidazole rings is 1. The lowest BCUT2D eigenvalue weighted by molar-refractivity contribution is -0.802. The van der Waals surface area contributed by atoms with E-state index in [0.29, 0.717) is 25.0 Å². The molecule has 164 valence electrons. The molecule has 2 saturated heterocycles. The fraction of sp³-hybridized carbons (Fsp3) is 0.650. The van der Waals surface area contributed by atoms with E-state index in [1.165, 1.54) is 6.33 Å². The second-order valence-electron chi connectivity index (χ2n) is 8.70. The van der Waals surface area contributed by atoms with E-state index in [9.17, 15) is 19.2 Å². The fourth-order valence-corrected chi connectivity index (χ4v) is 5.29. The normalized spacial score (nSPS) is 34.5. The van der Waals surface area contributed by atoms with E-state index in [4.69, 9.17) is 11.5 Å². The van der Waals surface area contributed by atoms with Gasteiger partial charge in [0.15, 0.2) is 5.54 Å². The zero-order valence-corrected chi connectivity index (χ0v) is 17.7. The molecule has 1 aromatic heterocycles. The van der Waals surface area contributed by atoms with Crippen molar-refractivity contribution < 1.29 is 23.7 Å². The average molecular weight is 420 g/mol. The number of quaternary nitrogens is 1. The Balaban J connectivity index is 1.95. The fourth-order valence-electron chi connectivity index (χ4n) is 5.29. The number of rotatable bonds is 6. The standard InChI is InChI=1S/C20H30N6O4/c1-4-13-11(2)15(25-17(13)28)16(27)20(3)6-5-7-26(20,19(22)30)18(29)14(21)8-12-9-23-10-24-12/h9-11,13-15H,4-8,21H2,1-3H3,(H3-,22,23,24,25,28,30)/p+1/t11?,13?,14-,15-,20+,26?/m0/s1. The maximum absolute atomic E-state index is 13.7. The van der Waals surface area contributed by atoms with Crippen LogP contribution in [-0.4, -0.2) is 62.2 Å². The molecule has 2 fully saturated rings. The number of carbonyl (C=O) groups is 4. The van der Waals surface area contributed by atoms with Crippen LogP contribution >= 0.6 is 0 Å². The molecule has 30 heavy (non-hydrogen) atoms. The van der Waals surface area contributed by atoms with Crippen LogP contribution in [0, 0.1) is 11.8 Å². The molecule has 10 heteroatoms. The van der Waals surface area contributed by atoms with Gasteiger partial charge >= 0.3 is 11.9 Å². The minimum atomic E-state index is -1.39. The summed E-state index contributed by atoms with van der Waals surface area (Å²) >= 11 is 0. The summed E-state index contributed by atoms with van der Waals surface area (Å²) in [4.78, 5) is 59.0. The van der Waals surface area contributed by atoms with E-state index in [2.05, 4.69) is 15.3 Å². The van der Waals surface area contributed by atoms with Gasteiger partial charge in [0.1, 0.15) is 6.04 Å². The maximum atomic E-state index is 13.7. The molecule has 0 saturated carbocycles. The lowest BCUT2D eigenvalue weighted by atomic mass is 9.80. The Morgan fingerprint density at radius 2 is 2.10 bits per heavy atom. The number of urea groups is 1. The summed E-state index contributed by atoms with van der Waals surface area (Å²) in [5.41, 5.74) is 11.2. The van der Waals surface area contributed by atoms with E-state index in [1.807, 2.05) is 13.8 Å². The van der Waals surface area contributed by atoms with Crippen LogP contribution in [0.15, 0.2) is 12.5 Å². The van der Waals surface area contributed by atoms with E-state index >= 15 is 0 Å². The van der Waals surface area contributed by atoms with Crippen molar-refractivity contribution in [2.75, 3.05) is 6.54 Å². The number of aromatic amines is 1. The van der Waals surface area contributed by atoms with Crippen LogP contribution in [0.3, 0.4) is 0 Å². The molecule has 0 spiro atoms. The minimum absolute atomic E-state index is 0.110. The van der Waals surface area contributed by atoms with Gasteiger partial charge < -0.3 is 21.8 Å². The summed E-state index contributed by atoms with van der Waals surface area (Å²) < 4.78 is -0.822. The van der Waals surface area contributed by atoms with E-state index in [-0.39, 0.29) is 36.5 Å². The second-order valence-corrected chi connectivity index (χ2v) is 8.70. The Bertz CT molecular complexity index is 855. The molecule has 0 bridgehead atoms. The highest BCUT2D eigenvalue weighted by Gasteiger charge is 2.67. The SMILES string of the molecule is CCC1C(=O)N[C@H](C(=O)[C@@]2(C)CCC[N+]2(C(N)=O)C(=O)[C@@H](N)Cc2cnc[nH]2)C1C. The zero-order valence-electron chi connectivity index (χ0n) is 17.7. The third-order valence-corrected chi connectivity index (χ3v) is 7.11. The highest BCUT2D eigenvalue weighted by molar-refractivity contribution is 6.01. The van der Waals surface area contributed by atoms with E-state index in [1.54, 1.807) is 13.1 Å². The van der Waals surface area contributed by atoms with Crippen LogP contribution < -0.4 is 16.8 Å². The van der Waals surface area contributed by atoms with Gasteiger partial charge in [-0.15, -0.1) is 0 Å². The number of carbonyl (C=O) groups excluding carboxylic acids is 4. The Hall–Kier alpha value is -2.59. The summed E-state index contributed by atoms with van der Waals surface area (Å²) in [5.74, 6) is -1.62. The Morgan fingerprint density at radius 1 is 1.40 bits per heavy atom. The van der Waals surface area contributed by atoms with Gasteiger partial charge in [-0.2, -0.15) is 4.48 Å². The number of hydrogen-bond acceptors (Lipinski definition) is 6. The number of Topliss-reactive ketones (excluding diaryl/α,β-unsaturated/α-hetero) is 1. The van der Waals surface area contributed by atoms with Gasteiger partial charge in [-0.1, -0.05) is 13.8 Å². The summed E-state index contributed by atoms with van der Waals surface area (Å²) in [6, 6.07) is -2.70. The zero-order chi connectivity index (χ0) is 22.3. The number of nitrogens with two attached hydrogens (primary N) is 2. The van der Waals surface area contributed by atoms with Gasteiger partial charge in [-0.25, -0.2) is 14.6 Å². The van der Waals surface area contributed by atoms with Crippen molar-refractivity contribution in [1.29, 1.82) is 0 Å². The monoisotopic (exact) mass is 419 g/mol. The molecule has 6 atom stereocenters. The predicted octanol–water partition coefficient (Wildman–Crippen LogP) is -0.0161.